The van der Waals surface area contributed by atoms with E-state index in [0.717, 1.165) is 35.2 Å². The average molecular weight is 377 g/mol. The molecule has 0 spiro atoms. The van der Waals surface area contributed by atoms with Gasteiger partial charge in [-0.3, -0.25) is 0 Å². The van der Waals surface area contributed by atoms with Crippen LogP contribution in [0.1, 0.15) is 43.7 Å². The zero-order chi connectivity index (χ0) is 15.2. The molecule has 0 aromatic heterocycles. The highest BCUT2D eigenvalue weighted by Gasteiger charge is 2.21. The fourth-order valence-electron chi connectivity index (χ4n) is 2.90. The van der Waals surface area contributed by atoms with Gasteiger partial charge >= 0.3 is 0 Å². The molecule has 2 atom stereocenters. The van der Waals surface area contributed by atoms with Gasteiger partial charge in [0, 0.05) is 23.2 Å². The third-order valence-corrected chi connectivity index (χ3v) is 4.82. The minimum absolute atomic E-state index is 0.209. The minimum atomic E-state index is 0.209. The van der Waals surface area contributed by atoms with Gasteiger partial charge in [-0.25, -0.2) is 0 Å². The first-order valence-corrected chi connectivity index (χ1v) is 8.64. The van der Waals surface area contributed by atoms with Crippen LogP contribution in [0.3, 0.4) is 0 Å². The van der Waals surface area contributed by atoms with Gasteiger partial charge < -0.3 is 14.8 Å². The summed E-state index contributed by atoms with van der Waals surface area (Å²) in [5, 5.41) is 4.09. The van der Waals surface area contributed by atoms with E-state index in [4.69, 9.17) is 21.1 Å². The summed E-state index contributed by atoms with van der Waals surface area (Å²) in [6.07, 6.45) is 6.10. The lowest BCUT2D eigenvalue weighted by molar-refractivity contribution is 0.00862. The van der Waals surface area contributed by atoms with Gasteiger partial charge in [0.2, 0.25) is 0 Å². The molecule has 0 saturated carbocycles. The van der Waals surface area contributed by atoms with Crippen molar-refractivity contribution in [3.8, 4) is 5.75 Å². The molecule has 5 heteroatoms. The lowest BCUT2D eigenvalue weighted by Gasteiger charge is -2.26. The van der Waals surface area contributed by atoms with Gasteiger partial charge in [-0.05, 0) is 67.2 Å². The summed E-state index contributed by atoms with van der Waals surface area (Å²) in [5.74, 6) is 0.850. The Hall–Kier alpha value is -0.290. The van der Waals surface area contributed by atoms with Crippen molar-refractivity contribution in [1.82, 2.24) is 5.32 Å². The van der Waals surface area contributed by atoms with Crippen molar-refractivity contribution < 1.29 is 9.47 Å². The van der Waals surface area contributed by atoms with Crippen molar-refractivity contribution in [3.63, 3.8) is 0 Å². The van der Waals surface area contributed by atoms with Gasteiger partial charge in [0.25, 0.3) is 0 Å². The Kier molecular flexibility index (Phi) is 6.80. The van der Waals surface area contributed by atoms with Crippen LogP contribution in [0.15, 0.2) is 16.6 Å². The normalized spacial score (nSPS) is 20.3. The van der Waals surface area contributed by atoms with Crippen LogP contribution < -0.4 is 10.1 Å². The Morgan fingerprint density at radius 1 is 1.48 bits per heavy atom. The van der Waals surface area contributed by atoms with E-state index in [1.807, 2.05) is 19.2 Å². The predicted octanol–water partition coefficient (Wildman–Crippen LogP) is 4.72. The number of hydrogen-bond acceptors (Lipinski definition) is 3. The Morgan fingerprint density at radius 2 is 2.29 bits per heavy atom. The highest BCUT2D eigenvalue weighted by atomic mass is 79.9. The number of rotatable bonds is 6. The number of nitrogens with one attached hydrogen (secondary N) is 1. The van der Waals surface area contributed by atoms with E-state index in [1.165, 1.54) is 19.3 Å². The summed E-state index contributed by atoms with van der Waals surface area (Å²) in [4.78, 5) is 0. The summed E-state index contributed by atoms with van der Waals surface area (Å²) in [7, 11) is 3.66. The molecule has 0 amide bonds. The molecule has 1 aromatic carbocycles. The maximum absolute atomic E-state index is 6.19. The second-order valence-electron chi connectivity index (χ2n) is 5.42. The van der Waals surface area contributed by atoms with E-state index in [0.29, 0.717) is 11.1 Å². The molecule has 1 fully saturated rings. The SMILES string of the molecule is CNC(CCC1CCCCO1)c1cc(Cl)cc(Br)c1OC. The maximum atomic E-state index is 6.19. The van der Waals surface area contributed by atoms with Crippen LogP contribution in [-0.2, 0) is 4.74 Å². The molecule has 1 aliphatic heterocycles. The molecule has 1 aliphatic rings. The Labute approximate surface area is 140 Å². The van der Waals surface area contributed by atoms with Crippen molar-refractivity contribution in [1.29, 1.82) is 0 Å². The molecule has 0 radical (unpaired) electrons. The molecule has 118 valence electrons. The highest BCUT2D eigenvalue weighted by Crippen LogP contribution is 2.37. The summed E-state index contributed by atoms with van der Waals surface area (Å²) in [5.41, 5.74) is 1.09. The molecule has 2 rings (SSSR count). The molecular weight excluding hydrogens is 354 g/mol. The fraction of sp³-hybridized carbons (Fsp3) is 0.625. The fourth-order valence-corrected chi connectivity index (χ4v) is 3.89. The van der Waals surface area contributed by atoms with Crippen molar-refractivity contribution >= 4 is 27.5 Å². The van der Waals surface area contributed by atoms with Crippen molar-refractivity contribution in [2.75, 3.05) is 20.8 Å². The molecule has 21 heavy (non-hydrogen) atoms. The summed E-state index contributed by atoms with van der Waals surface area (Å²) in [6, 6.07) is 4.05. The summed E-state index contributed by atoms with van der Waals surface area (Å²) in [6.45, 7) is 0.904. The average Bonchev–Trinajstić information content (AvgIpc) is 2.48. The molecule has 1 N–H and O–H groups in total. The van der Waals surface area contributed by atoms with Crippen LogP contribution in [0.5, 0.6) is 5.75 Å². The second kappa shape index (κ2) is 8.37. The predicted molar refractivity (Wildman–Crippen MR) is 90.3 cm³/mol. The van der Waals surface area contributed by atoms with Gasteiger partial charge in [-0.15, -0.1) is 0 Å². The number of benzene rings is 1. The van der Waals surface area contributed by atoms with E-state index in [1.54, 1.807) is 7.11 Å². The van der Waals surface area contributed by atoms with Crippen LogP contribution in [-0.4, -0.2) is 26.9 Å². The van der Waals surface area contributed by atoms with Crippen LogP contribution in [0.4, 0.5) is 0 Å². The molecule has 1 saturated heterocycles. The first-order chi connectivity index (χ1) is 10.2. The van der Waals surface area contributed by atoms with Gasteiger partial charge in [0.15, 0.2) is 0 Å². The number of halogens is 2. The van der Waals surface area contributed by atoms with E-state index in [2.05, 4.69) is 21.2 Å². The summed E-state index contributed by atoms with van der Waals surface area (Å²) < 4.78 is 12.2. The molecule has 1 heterocycles. The zero-order valence-corrected chi connectivity index (χ0v) is 15.0. The standard InChI is InChI=1S/C16H23BrClNO2/c1-19-15(7-6-12-5-3-4-8-21-12)13-9-11(18)10-14(17)16(13)20-2/h9-10,12,15,19H,3-8H2,1-2H3. The number of ether oxygens (including phenoxy) is 2. The maximum Gasteiger partial charge on any atom is 0.137 e. The van der Waals surface area contributed by atoms with Crippen molar-refractivity contribution in [2.45, 2.75) is 44.2 Å². The van der Waals surface area contributed by atoms with Crippen LogP contribution in [0, 0.1) is 0 Å². The van der Waals surface area contributed by atoms with E-state index in [9.17, 15) is 0 Å². The van der Waals surface area contributed by atoms with Crippen LogP contribution in [0.2, 0.25) is 5.02 Å². The summed E-state index contributed by atoms with van der Waals surface area (Å²) >= 11 is 9.71. The first-order valence-electron chi connectivity index (χ1n) is 7.47. The molecule has 1 aromatic rings. The minimum Gasteiger partial charge on any atom is -0.495 e. The van der Waals surface area contributed by atoms with Gasteiger partial charge in [0.05, 0.1) is 17.7 Å². The number of methoxy groups -OCH3 is 1. The Balaban J connectivity index is 2.09. The molecule has 3 nitrogen and oxygen atoms in total. The van der Waals surface area contributed by atoms with Gasteiger partial charge in [-0.2, -0.15) is 0 Å². The number of hydrogen-bond donors (Lipinski definition) is 1. The third kappa shape index (κ3) is 4.59. The van der Waals surface area contributed by atoms with Crippen LogP contribution in [0.25, 0.3) is 0 Å². The Morgan fingerprint density at radius 3 is 2.90 bits per heavy atom. The van der Waals surface area contributed by atoms with E-state index < -0.39 is 0 Å². The molecular formula is C16H23BrClNO2. The van der Waals surface area contributed by atoms with Gasteiger partial charge in [0.1, 0.15) is 5.75 Å². The lowest BCUT2D eigenvalue weighted by Crippen LogP contribution is -2.23. The van der Waals surface area contributed by atoms with Gasteiger partial charge in [-0.1, -0.05) is 11.6 Å². The Bertz CT molecular complexity index is 464. The zero-order valence-electron chi connectivity index (χ0n) is 12.6. The van der Waals surface area contributed by atoms with E-state index >= 15 is 0 Å². The topological polar surface area (TPSA) is 30.5 Å². The lowest BCUT2D eigenvalue weighted by atomic mass is 9.96. The highest BCUT2D eigenvalue weighted by molar-refractivity contribution is 9.10. The molecule has 0 bridgehead atoms. The molecule has 0 aliphatic carbocycles. The molecule has 2 unspecified atom stereocenters. The van der Waals surface area contributed by atoms with Crippen LogP contribution >= 0.6 is 27.5 Å². The van der Waals surface area contributed by atoms with Crippen molar-refractivity contribution in [3.05, 3.63) is 27.2 Å². The van der Waals surface area contributed by atoms with E-state index in [-0.39, 0.29) is 6.04 Å². The second-order valence-corrected chi connectivity index (χ2v) is 6.71. The third-order valence-electron chi connectivity index (χ3n) is 4.02. The monoisotopic (exact) mass is 375 g/mol. The first kappa shape index (κ1) is 17.1. The smallest absolute Gasteiger partial charge is 0.137 e. The van der Waals surface area contributed by atoms with Crippen molar-refractivity contribution in [2.24, 2.45) is 0 Å². The largest absolute Gasteiger partial charge is 0.495 e. The quantitative estimate of drug-likeness (QED) is 0.779.